The SMILES string of the molecule is CCCCC#CC(NC(=O)OC(C)(C)C)c1ccccc1. The third-order valence-corrected chi connectivity index (χ3v) is 2.70. The summed E-state index contributed by atoms with van der Waals surface area (Å²) >= 11 is 0. The molecule has 1 unspecified atom stereocenters. The topological polar surface area (TPSA) is 38.3 Å². The standard InChI is InChI=1S/C18H25NO2/c1-5-6-7-11-14-16(15-12-9-8-10-13-15)19-17(20)21-18(2,3)4/h8-10,12-13,16H,5-7H2,1-4H3,(H,19,20). The molecule has 0 aliphatic heterocycles. The van der Waals surface area contributed by atoms with Crippen LogP contribution in [0.3, 0.4) is 0 Å². The van der Waals surface area contributed by atoms with E-state index in [1.165, 1.54) is 0 Å². The molecule has 1 aromatic rings. The van der Waals surface area contributed by atoms with E-state index in [1.807, 2.05) is 51.1 Å². The number of unbranched alkanes of at least 4 members (excludes halogenated alkanes) is 2. The molecule has 0 aliphatic carbocycles. The maximum Gasteiger partial charge on any atom is 0.408 e. The van der Waals surface area contributed by atoms with E-state index in [-0.39, 0.29) is 6.04 Å². The molecule has 0 fully saturated rings. The highest BCUT2D eigenvalue weighted by atomic mass is 16.6. The average Bonchev–Trinajstić information content (AvgIpc) is 2.41. The van der Waals surface area contributed by atoms with Crippen molar-refractivity contribution in [3.8, 4) is 11.8 Å². The molecule has 1 rings (SSSR count). The Hall–Kier alpha value is -1.95. The van der Waals surface area contributed by atoms with E-state index in [1.54, 1.807) is 0 Å². The number of alkyl carbamates (subject to hydrolysis) is 1. The van der Waals surface area contributed by atoms with Crippen molar-refractivity contribution < 1.29 is 9.53 Å². The fourth-order valence-electron chi connectivity index (χ4n) is 1.71. The second-order valence-electron chi connectivity index (χ2n) is 5.91. The third-order valence-electron chi connectivity index (χ3n) is 2.70. The van der Waals surface area contributed by atoms with Crippen LogP contribution in [0.1, 0.15) is 58.6 Å². The molecule has 0 aromatic heterocycles. The Labute approximate surface area is 128 Å². The molecule has 3 heteroatoms. The Morgan fingerprint density at radius 2 is 1.95 bits per heavy atom. The molecule has 0 heterocycles. The number of carbonyl (C=O) groups is 1. The summed E-state index contributed by atoms with van der Waals surface area (Å²) in [5.74, 6) is 6.26. The molecule has 21 heavy (non-hydrogen) atoms. The Balaban J connectivity index is 2.77. The number of hydrogen-bond acceptors (Lipinski definition) is 2. The zero-order valence-electron chi connectivity index (χ0n) is 13.4. The van der Waals surface area contributed by atoms with E-state index in [0.29, 0.717) is 0 Å². The lowest BCUT2D eigenvalue weighted by Crippen LogP contribution is -2.34. The first-order valence-electron chi connectivity index (χ1n) is 7.45. The first kappa shape index (κ1) is 17.1. The van der Waals surface area contributed by atoms with Crippen molar-refractivity contribution in [1.82, 2.24) is 5.32 Å². The van der Waals surface area contributed by atoms with Gasteiger partial charge < -0.3 is 10.1 Å². The zero-order valence-corrected chi connectivity index (χ0v) is 13.4. The molecule has 3 nitrogen and oxygen atoms in total. The number of rotatable bonds is 4. The smallest absolute Gasteiger partial charge is 0.408 e. The largest absolute Gasteiger partial charge is 0.444 e. The van der Waals surface area contributed by atoms with Gasteiger partial charge in [0.15, 0.2) is 0 Å². The van der Waals surface area contributed by atoms with Crippen molar-refractivity contribution in [1.29, 1.82) is 0 Å². The van der Waals surface area contributed by atoms with Gasteiger partial charge in [-0.05, 0) is 32.8 Å². The van der Waals surface area contributed by atoms with Gasteiger partial charge in [-0.15, -0.1) is 5.92 Å². The number of carbonyl (C=O) groups excluding carboxylic acids is 1. The molecular formula is C18H25NO2. The van der Waals surface area contributed by atoms with Crippen LogP contribution in [0.5, 0.6) is 0 Å². The molecule has 0 saturated carbocycles. The lowest BCUT2D eigenvalue weighted by molar-refractivity contribution is 0.0516. The van der Waals surface area contributed by atoms with E-state index >= 15 is 0 Å². The minimum absolute atomic E-state index is 0.335. The fourth-order valence-corrected chi connectivity index (χ4v) is 1.71. The Morgan fingerprint density at radius 3 is 2.52 bits per heavy atom. The van der Waals surface area contributed by atoms with Crippen LogP contribution >= 0.6 is 0 Å². The van der Waals surface area contributed by atoms with Gasteiger partial charge in [0.25, 0.3) is 0 Å². The van der Waals surface area contributed by atoms with Gasteiger partial charge in [-0.2, -0.15) is 0 Å². The van der Waals surface area contributed by atoms with E-state index in [9.17, 15) is 4.79 Å². The van der Waals surface area contributed by atoms with Crippen LogP contribution in [0.25, 0.3) is 0 Å². The second-order valence-corrected chi connectivity index (χ2v) is 5.91. The molecule has 0 aliphatic rings. The predicted molar refractivity (Wildman–Crippen MR) is 85.9 cm³/mol. The second kappa shape index (κ2) is 8.36. The molecule has 0 saturated heterocycles. The highest BCUT2D eigenvalue weighted by molar-refractivity contribution is 5.69. The molecule has 1 N–H and O–H groups in total. The van der Waals surface area contributed by atoms with Crippen LogP contribution < -0.4 is 5.32 Å². The van der Waals surface area contributed by atoms with Gasteiger partial charge in [-0.1, -0.05) is 49.6 Å². The van der Waals surface area contributed by atoms with E-state index < -0.39 is 11.7 Å². The fraction of sp³-hybridized carbons (Fsp3) is 0.500. The number of hydrogen-bond donors (Lipinski definition) is 1. The molecule has 1 aromatic carbocycles. The lowest BCUT2D eigenvalue weighted by Gasteiger charge is -2.21. The quantitative estimate of drug-likeness (QED) is 0.656. The summed E-state index contributed by atoms with van der Waals surface area (Å²) in [5.41, 5.74) is 0.452. The van der Waals surface area contributed by atoms with Gasteiger partial charge >= 0.3 is 6.09 Å². The summed E-state index contributed by atoms with van der Waals surface area (Å²) in [6.45, 7) is 7.67. The highest BCUT2D eigenvalue weighted by Gasteiger charge is 2.19. The maximum atomic E-state index is 11.9. The number of nitrogens with one attached hydrogen (secondary N) is 1. The van der Waals surface area contributed by atoms with Gasteiger partial charge in [0.1, 0.15) is 11.6 Å². The van der Waals surface area contributed by atoms with Gasteiger partial charge in [0, 0.05) is 6.42 Å². The summed E-state index contributed by atoms with van der Waals surface area (Å²) in [5, 5.41) is 2.83. The van der Waals surface area contributed by atoms with Crippen molar-refractivity contribution in [2.24, 2.45) is 0 Å². The maximum absolute atomic E-state index is 11.9. The third kappa shape index (κ3) is 7.41. The van der Waals surface area contributed by atoms with Crippen molar-refractivity contribution in [2.75, 3.05) is 0 Å². The molecule has 0 bridgehead atoms. The van der Waals surface area contributed by atoms with E-state index in [4.69, 9.17) is 4.74 Å². The monoisotopic (exact) mass is 287 g/mol. The van der Waals surface area contributed by atoms with Crippen LogP contribution in [0.15, 0.2) is 30.3 Å². The summed E-state index contributed by atoms with van der Waals surface area (Å²) in [6, 6.07) is 9.39. The van der Waals surface area contributed by atoms with Gasteiger partial charge in [-0.3, -0.25) is 0 Å². The van der Waals surface area contributed by atoms with Crippen LogP contribution in [-0.4, -0.2) is 11.7 Å². The van der Waals surface area contributed by atoms with E-state index in [2.05, 4.69) is 24.1 Å². The molecule has 1 amide bonds. The number of ether oxygens (including phenoxy) is 1. The minimum Gasteiger partial charge on any atom is -0.444 e. The Kier molecular flexibility index (Phi) is 6.81. The van der Waals surface area contributed by atoms with Gasteiger partial charge in [-0.25, -0.2) is 4.79 Å². The molecule has 114 valence electrons. The normalized spacial score (nSPS) is 12.0. The summed E-state index contributed by atoms with van der Waals surface area (Å²) in [4.78, 5) is 11.9. The zero-order chi connectivity index (χ0) is 15.7. The first-order valence-corrected chi connectivity index (χ1v) is 7.45. The van der Waals surface area contributed by atoms with Crippen LogP contribution in [0.4, 0.5) is 4.79 Å². The Morgan fingerprint density at radius 1 is 1.29 bits per heavy atom. The Bertz CT molecular complexity index is 491. The number of amides is 1. The summed E-state index contributed by atoms with van der Waals surface area (Å²) in [7, 11) is 0. The van der Waals surface area contributed by atoms with E-state index in [0.717, 1.165) is 24.8 Å². The van der Waals surface area contributed by atoms with Crippen molar-refractivity contribution in [3.05, 3.63) is 35.9 Å². The molecule has 1 atom stereocenters. The van der Waals surface area contributed by atoms with Crippen molar-refractivity contribution >= 4 is 6.09 Å². The predicted octanol–water partition coefficient (Wildman–Crippen LogP) is 4.45. The summed E-state index contributed by atoms with van der Waals surface area (Å²) < 4.78 is 5.30. The van der Waals surface area contributed by atoms with Crippen LogP contribution in [0.2, 0.25) is 0 Å². The minimum atomic E-state index is -0.513. The van der Waals surface area contributed by atoms with Gasteiger partial charge in [0.2, 0.25) is 0 Å². The molecule has 0 radical (unpaired) electrons. The van der Waals surface area contributed by atoms with Crippen LogP contribution in [0, 0.1) is 11.8 Å². The van der Waals surface area contributed by atoms with Crippen LogP contribution in [-0.2, 0) is 4.74 Å². The highest BCUT2D eigenvalue weighted by Crippen LogP contribution is 2.14. The van der Waals surface area contributed by atoms with Crippen molar-refractivity contribution in [3.63, 3.8) is 0 Å². The molecular weight excluding hydrogens is 262 g/mol. The number of benzene rings is 1. The summed E-state index contributed by atoms with van der Waals surface area (Å²) in [6.07, 6.45) is 2.59. The average molecular weight is 287 g/mol. The van der Waals surface area contributed by atoms with Gasteiger partial charge in [0.05, 0.1) is 0 Å². The lowest BCUT2D eigenvalue weighted by atomic mass is 10.1. The molecule has 0 spiro atoms. The van der Waals surface area contributed by atoms with Crippen molar-refractivity contribution in [2.45, 2.75) is 58.6 Å². The first-order chi connectivity index (χ1) is 9.92.